The monoisotopic (exact) mass is 309 g/mol. The summed E-state index contributed by atoms with van der Waals surface area (Å²) in [5.74, 6) is -0.431. The van der Waals surface area contributed by atoms with Crippen molar-refractivity contribution >= 4 is 17.7 Å². The van der Waals surface area contributed by atoms with E-state index in [2.05, 4.69) is 5.32 Å². The first-order chi connectivity index (χ1) is 10.3. The van der Waals surface area contributed by atoms with E-state index in [0.717, 1.165) is 0 Å². The van der Waals surface area contributed by atoms with Gasteiger partial charge in [-0.1, -0.05) is 0 Å². The molecule has 120 valence electrons. The summed E-state index contributed by atoms with van der Waals surface area (Å²) in [6.45, 7) is 6.08. The normalized spacial score (nSPS) is 14.0. The fraction of sp³-hybridized carbons (Fsp3) is 0.467. The highest BCUT2D eigenvalue weighted by molar-refractivity contribution is 5.99. The van der Waals surface area contributed by atoms with Crippen LogP contribution in [-0.4, -0.2) is 36.0 Å². The van der Waals surface area contributed by atoms with Gasteiger partial charge in [-0.05, 0) is 20.8 Å². The SMILES string of the molecule is CC(C)(C)OC(=O)Nc1cc2c(cc1C(=O)O)OCCCO2. The fourth-order valence-corrected chi connectivity index (χ4v) is 1.90. The van der Waals surface area contributed by atoms with Crippen molar-refractivity contribution in [3.8, 4) is 11.5 Å². The molecule has 0 bridgehead atoms. The number of carboxylic acid groups (broad SMARTS) is 1. The summed E-state index contributed by atoms with van der Waals surface area (Å²) < 4.78 is 16.1. The van der Waals surface area contributed by atoms with Crippen LogP contribution in [0.25, 0.3) is 0 Å². The van der Waals surface area contributed by atoms with Crippen LogP contribution in [0.2, 0.25) is 0 Å². The van der Waals surface area contributed by atoms with Gasteiger partial charge in [0, 0.05) is 18.6 Å². The van der Waals surface area contributed by atoms with Crippen LogP contribution in [0.1, 0.15) is 37.6 Å². The summed E-state index contributed by atoms with van der Waals surface area (Å²) in [6, 6.07) is 2.78. The second-order valence-electron chi connectivity index (χ2n) is 5.83. The molecule has 0 saturated carbocycles. The number of fused-ring (bicyclic) bond motifs is 1. The van der Waals surface area contributed by atoms with Crippen molar-refractivity contribution in [1.82, 2.24) is 0 Å². The third-order valence-corrected chi connectivity index (χ3v) is 2.75. The molecule has 0 aliphatic carbocycles. The number of rotatable bonds is 2. The molecule has 1 heterocycles. The van der Waals surface area contributed by atoms with Crippen molar-refractivity contribution in [2.45, 2.75) is 32.8 Å². The Morgan fingerprint density at radius 2 is 1.77 bits per heavy atom. The number of anilines is 1. The average Bonchev–Trinajstić information content (AvgIpc) is 2.59. The number of carboxylic acids is 1. The summed E-state index contributed by atoms with van der Waals surface area (Å²) in [4.78, 5) is 23.2. The number of hydrogen-bond acceptors (Lipinski definition) is 5. The lowest BCUT2D eigenvalue weighted by Crippen LogP contribution is -2.27. The van der Waals surface area contributed by atoms with Crippen LogP contribution in [0.15, 0.2) is 12.1 Å². The van der Waals surface area contributed by atoms with Gasteiger partial charge >= 0.3 is 12.1 Å². The third kappa shape index (κ3) is 4.03. The first-order valence-electron chi connectivity index (χ1n) is 6.93. The molecule has 0 saturated heterocycles. The maximum Gasteiger partial charge on any atom is 0.412 e. The molecule has 22 heavy (non-hydrogen) atoms. The number of benzene rings is 1. The van der Waals surface area contributed by atoms with Gasteiger partial charge in [0.1, 0.15) is 5.60 Å². The standard InChI is InChI=1S/C15H19NO6/c1-15(2,3)22-14(19)16-10-8-12-11(7-9(10)13(17)18)20-5-4-6-21-12/h7-8H,4-6H2,1-3H3,(H,16,19)(H,17,18). The molecule has 0 unspecified atom stereocenters. The number of amides is 1. The summed E-state index contributed by atoms with van der Waals surface area (Å²) in [5, 5.41) is 11.7. The first kappa shape index (κ1) is 15.9. The van der Waals surface area contributed by atoms with Crippen LogP contribution in [-0.2, 0) is 4.74 Å². The zero-order valence-corrected chi connectivity index (χ0v) is 12.8. The predicted molar refractivity (Wildman–Crippen MR) is 78.9 cm³/mol. The van der Waals surface area contributed by atoms with Gasteiger partial charge in [-0.25, -0.2) is 9.59 Å². The molecular formula is C15H19NO6. The number of ether oxygens (including phenoxy) is 3. The summed E-state index contributed by atoms with van der Waals surface area (Å²) >= 11 is 0. The number of aromatic carboxylic acids is 1. The molecular weight excluding hydrogens is 290 g/mol. The Kier molecular flexibility index (Phi) is 4.44. The Labute approximate surface area is 128 Å². The van der Waals surface area contributed by atoms with Gasteiger partial charge in [0.25, 0.3) is 0 Å². The highest BCUT2D eigenvalue weighted by Gasteiger charge is 2.22. The van der Waals surface area contributed by atoms with Crippen molar-refractivity contribution in [3.63, 3.8) is 0 Å². The number of carbonyl (C=O) groups is 2. The van der Waals surface area contributed by atoms with E-state index in [4.69, 9.17) is 14.2 Å². The van der Waals surface area contributed by atoms with Crippen LogP contribution in [0.4, 0.5) is 10.5 Å². The van der Waals surface area contributed by atoms with Gasteiger partial charge in [0.2, 0.25) is 0 Å². The van der Waals surface area contributed by atoms with E-state index in [1.54, 1.807) is 20.8 Å². The zero-order valence-electron chi connectivity index (χ0n) is 12.8. The molecule has 1 amide bonds. The highest BCUT2D eigenvalue weighted by Crippen LogP contribution is 2.35. The minimum atomic E-state index is -1.18. The molecule has 0 fully saturated rings. The Morgan fingerprint density at radius 3 is 2.32 bits per heavy atom. The van der Waals surface area contributed by atoms with E-state index >= 15 is 0 Å². The minimum Gasteiger partial charge on any atom is -0.490 e. The van der Waals surface area contributed by atoms with E-state index in [1.165, 1.54) is 12.1 Å². The second-order valence-corrected chi connectivity index (χ2v) is 5.83. The fourth-order valence-electron chi connectivity index (χ4n) is 1.90. The first-order valence-corrected chi connectivity index (χ1v) is 6.93. The smallest absolute Gasteiger partial charge is 0.412 e. The quantitative estimate of drug-likeness (QED) is 0.872. The maximum atomic E-state index is 11.8. The summed E-state index contributed by atoms with van der Waals surface area (Å²) in [7, 11) is 0. The van der Waals surface area contributed by atoms with Crippen LogP contribution in [0.5, 0.6) is 11.5 Å². The van der Waals surface area contributed by atoms with Gasteiger partial charge in [-0.3, -0.25) is 5.32 Å². The maximum absolute atomic E-state index is 11.8. The molecule has 7 nitrogen and oxygen atoms in total. The lowest BCUT2D eigenvalue weighted by atomic mass is 10.1. The molecule has 1 aliphatic rings. The van der Waals surface area contributed by atoms with Gasteiger partial charge in [-0.2, -0.15) is 0 Å². The Hall–Kier alpha value is -2.44. The van der Waals surface area contributed by atoms with Crippen molar-refractivity contribution in [1.29, 1.82) is 0 Å². The van der Waals surface area contributed by atoms with Crippen molar-refractivity contribution in [3.05, 3.63) is 17.7 Å². The predicted octanol–water partition coefficient (Wildman–Crippen LogP) is 2.89. The molecule has 0 atom stereocenters. The summed E-state index contributed by atoms with van der Waals surface area (Å²) in [6.07, 6.45) is -0.0316. The molecule has 0 spiro atoms. The van der Waals surface area contributed by atoms with E-state index < -0.39 is 17.7 Å². The van der Waals surface area contributed by atoms with Gasteiger partial charge < -0.3 is 19.3 Å². The van der Waals surface area contributed by atoms with E-state index in [9.17, 15) is 14.7 Å². The lowest BCUT2D eigenvalue weighted by molar-refractivity contribution is 0.0636. The average molecular weight is 309 g/mol. The second kappa shape index (κ2) is 6.13. The molecule has 7 heteroatoms. The highest BCUT2D eigenvalue weighted by atomic mass is 16.6. The van der Waals surface area contributed by atoms with Gasteiger partial charge in [0.15, 0.2) is 11.5 Å². The molecule has 0 radical (unpaired) electrons. The van der Waals surface area contributed by atoms with E-state index in [0.29, 0.717) is 31.1 Å². The lowest BCUT2D eigenvalue weighted by Gasteiger charge is -2.20. The molecule has 1 aromatic carbocycles. The molecule has 1 aromatic rings. The van der Waals surface area contributed by atoms with Crippen molar-refractivity contribution in [2.75, 3.05) is 18.5 Å². The van der Waals surface area contributed by atoms with Gasteiger partial charge in [-0.15, -0.1) is 0 Å². The van der Waals surface area contributed by atoms with Gasteiger partial charge in [0.05, 0.1) is 24.5 Å². The van der Waals surface area contributed by atoms with E-state index in [1.807, 2.05) is 0 Å². The Bertz CT molecular complexity index is 590. The summed E-state index contributed by atoms with van der Waals surface area (Å²) in [5.41, 5.74) is -0.667. The van der Waals surface area contributed by atoms with Crippen LogP contribution in [0, 0.1) is 0 Å². The van der Waals surface area contributed by atoms with Crippen LogP contribution >= 0.6 is 0 Å². The minimum absolute atomic E-state index is 0.0879. The number of nitrogens with one attached hydrogen (secondary N) is 1. The Balaban J connectivity index is 2.31. The third-order valence-electron chi connectivity index (χ3n) is 2.75. The molecule has 1 aliphatic heterocycles. The van der Waals surface area contributed by atoms with Crippen molar-refractivity contribution in [2.24, 2.45) is 0 Å². The van der Waals surface area contributed by atoms with E-state index in [-0.39, 0.29) is 11.3 Å². The molecule has 2 N–H and O–H groups in total. The Morgan fingerprint density at radius 1 is 1.18 bits per heavy atom. The molecule has 2 rings (SSSR count). The van der Waals surface area contributed by atoms with Crippen molar-refractivity contribution < 1.29 is 28.9 Å². The topological polar surface area (TPSA) is 94.1 Å². The zero-order chi connectivity index (χ0) is 16.3. The van der Waals surface area contributed by atoms with Crippen LogP contribution in [0.3, 0.4) is 0 Å². The number of carbonyl (C=O) groups excluding carboxylic acids is 1. The number of hydrogen-bond donors (Lipinski definition) is 2. The molecule has 0 aromatic heterocycles. The van der Waals surface area contributed by atoms with Crippen LogP contribution < -0.4 is 14.8 Å². The largest absolute Gasteiger partial charge is 0.490 e.